The predicted octanol–water partition coefficient (Wildman–Crippen LogP) is 2.84. The average molecular weight is 445 g/mol. The van der Waals surface area contributed by atoms with Gasteiger partial charge in [-0.3, -0.25) is 9.69 Å². The molecule has 1 amide bonds. The van der Waals surface area contributed by atoms with Crippen molar-refractivity contribution >= 4 is 27.5 Å². The van der Waals surface area contributed by atoms with Gasteiger partial charge >= 0.3 is 0 Å². The second-order valence-electron chi connectivity index (χ2n) is 7.98. The summed E-state index contributed by atoms with van der Waals surface area (Å²) in [5.74, 6) is 0.980. The van der Waals surface area contributed by atoms with Crippen molar-refractivity contribution in [2.45, 2.75) is 17.7 Å². The lowest BCUT2D eigenvalue weighted by atomic mass is 9.96. The van der Waals surface area contributed by atoms with E-state index in [0.29, 0.717) is 25.3 Å². The quantitative estimate of drug-likeness (QED) is 0.686. The topological polar surface area (TPSA) is 57.7 Å². The van der Waals surface area contributed by atoms with Crippen LogP contribution < -0.4 is 0 Å². The zero-order valence-corrected chi connectivity index (χ0v) is 18.7. The fourth-order valence-corrected chi connectivity index (χ4v) is 7.83. The lowest BCUT2D eigenvalue weighted by molar-refractivity contribution is -0.130. The van der Waals surface area contributed by atoms with Crippen molar-refractivity contribution < 1.29 is 13.2 Å². The molecule has 0 aromatic heterocycles. The number of thioether (sulfide) groups is 1. The van der Waals surface area contributed by atoms with E-state index in [2.05, 4.69) is 53.4 Å². The lowest BCUT2D eigenvalue weighted by Crippen LogP contribution is -2.50. The zero-order valence-electron chi connectivity index (χ0n) is 17.0. The Morgan fingerprint density at radius 1 is 0.933 bits per heavy atom. The molecular weight excluding hydrogens is 416 g/mol. The van der Waals surface area contributed by atoms with Gasteiger partial charge in [0, 0.05) is 31.4 Å². The molecule has 160 valence electrons. The van der Waals surface area contributed by atoms with Crippen LogP contribution in [-0.2, 0) is 14.6 Å². The summed E-state index contributed by atoms with van der Waals surface area (Å²) in [5.41, 5.74) is 2.53. The number of sulfone groups is 1. The molecule has 1 atom stereocenters. The van der Waals surface area contributed by atoms with Crippen LogP contribution >= 0.6 is 11.8 Å². The number of nitrogens with zero attached hydrogens (tertiary/aromatic N) is 2. The Hall–Kier alpha value is -1.83. The van der Waals surface area contributed by atoms with Crippen LogP contribution in [0.3, 0.4) is 0 Å². The van der Waals surface area contributed by atoms with E-state index >= 15 is 0 Å². The maximum Gasteiger partial charge on any atom is 0.232 e. The van der Waals surface area contributed by atoms with E-state index in [-0.39, 0.29) is 28.7 Å². The van der Waals surface area contributed by atoms with E-state index in [0.717, 1.165) is 13.1 Å². The average Bonchev–Trinajstić information content (AvgIpc) is 3.13. The molecule has 7 heteroatoms. The molecule has 30 heavy (non-hydrogen) atoms. The first kappa shape index (κ1) is 21.4. The number of carbonyl (C=O) groups is 1. The lowest BCUT2D eigenvalue weighted by Gasteiger charge is -2.40. The SMILES string of the molecule is O=C(CSC1CCS(=O)(=O)C1)N1CCN(C(c2ccccc2)c2ccccc2)CC1. The third-order valence-corrected chi connectivity index (χ3v) is 9.16. The standard InChI is InChI=1S/C23H28N2O3S2/c26-22(17-29-21-11-16-30(27,28)18-21)24-12-14-25(15-13-24)23(19-7-3-1-4-8-19)20-9-5-2-6-10-20/h1-10,21,23H,11-18H2. The molecule has 0 saturated carbocycles. The van der Waals surface area contributed by atoms with E-state index in [4.69, 9.17) is 0 Å². The van der Waals surface area contributed by atoms with Crippen molar-refractivity contribution in [1.29, 1.82) is 0 Å². The summed E-state index contributed by atoms with van der Waals surface area (Å²) in [5, 5.41) is 0.0702. The highest BCUT2D eigenvalue weighted by Crippen LogP contribution is 2.30. The third-order valence-electron chi connectivity index (χ3n) is 5.90. The molecule has 0 spiro atoms. The molecule has 2 fully saturated rings. The summed E-state index contributed by atoms with van der Waals surface area (Å²) in [6, 6.07) is 21.2. The molecule has 0 radical (unpaired) electrons. The third kappa shape index (κ3) is 5.25. The normalized spacial score (nSPS) is 21.8. The minimum absolute atomic E-state index is 0.0702. The van der Waals surface area contributed by atoms with Gasteiger partial charge in [-0.15, -0.1) is 11.8 Å². The molecule has 5 nitrogen and oxygen atoms in total. The van der Waals surface area contributed by atoms with Crippen LogP contribution in [0.1, 0.15) is 23.6 Å². The largest absolute Gasteiger partial charge is 0.339 e. The van der Waals surface area contributed by atoms with Crippen LogP contribution in [0.15, 0.2) is 60.7 Å². The summed E-state index contributed by atoms with van der Waals surface area (Å²) in [6.45, 7) is 3.06. The van der Waals surface area contributed by atoms with E-state index in [1.54, 1.807) is 0 Å². The Bertz CT molecular complexity index is 903. The number of benzene rings is 2. The molecule has 1 unspecified atom stereocenters. The van der Waals surface area contributed by atoms with E-state index < -0.39 is 9.84 Å². The van der Waals surface area contributed by atoms with Gasteiger partial charge in [0.25, 0.3) is 0 Å². The summed E-state index contributed by atoms with van der Waals surface area (Å²) in [4.78, 5) is 17.0. The molecule has 0 bridgehead atoms. The molecule has 2 saturated heterocycles. The first-order valence-electron chi connectivity index (χ1n) is 10.5. The van der Waals surface area contributed by atoms with Crippen LogP contribution in [0.2, 0.25) is 0 Å². The maximum atomic E-state index is 12.7. The van der Waals surface area contributed by atoms with E-state index in [1.165, 1.54) is 22.9 Å². The molecule has 4 rings (SSSR count). The molecular formula is C23H28N2O3S2. The number of rotatable bonds is 6. The number of hydrogen-bond donors (Lipinski definition) is 0. The summed E-state index contributed by atoms with van der Waals surface area (Å²) in [7, 11) is -2.89. The summed E-state index contributed by atoms with van der Waals surface area (Å²) in [6.07, 6.45) is 0.671. The van der Waals surface area contributed by atoms with Gasteiger partial charge in [-0.05, 0) is 17.5 Å². The summed E-state index contributed by atoms with van der Waals surface area (Å²) < 4.78 is 23.2. The highest BCUT2D eigenvalue weighted by atomic mass is 32.2. The fraction of sp³-hybridized carbons (Fsp3) is 0.435. The highest BCUT2D eigenvalue weighted by molar-refractivity contribution is 8.02. The van der Waals surface area contributed by atoms with E-state index in [9.17, 15) is 13.2 Å². The van der Waals surface area contributed by atoms with Crippen LogP contribution in [0.4, 0.5) is 0 Å². The van der Waals surface area contributed by atoms with Gasteiger partial charge in [-0.2, -0.15) is 0 Å². The molecule has 2 heterocycles. The van der Waals surface area contributed by atoms with Crippen molar-refractivity contribution in [2.24, 2.45) is 0 Å². The molecule has 0 aliphatic carbocycles. The smallest absolute Gasteiger partial charge is 0.232 e. The van der Waals surface area contributed by atoms with Crippen molar-refractivity contribution in [3.8, 4) is 0 Å². The Morgan fingerprint density at radius 3 is 2.00 bits per heavy atom. The first-order chi connectivity index (χ1) is 14.5. The number of hydrogen-bond acceptors (Lipinski definition) is 5. The van der Waals surface area contributed by atoms with Gasteiger partial charge in [-0.25, -0.2) is 8.42 Å². The van der Waals surface area contributed by atoms with Crippen LogP contribution in [0, 0.1) is 0 Å². The van der Waals surface area contributed by atoms with Crippen LogP contribution in [0.25, 0.3) is 0 Å². The first-order valence-corrected chi connectivity index (χ1v) is 13.3. The van der Waals surface area contributed by atoms with Gasteiger partial charge in [0.15, 0.2) is 9.84 Å². The van der Waals surface area contributed by atoms with Crippen molar-refractivity contribution in [3.05, 3.63) is 71.8 Å². The van der Waals surface area contributed by atoms with Gasteiger partial charge in [0.2, 0.25) is 5.91 Å². The number of piperazine rings is 1. The van der Waals surface area contributed by atoms with Crippen molar-refractivity contribution in [3.63, 3.8) is 0 Å². The van der Waals surface area contributed by atoms with Gasteiger partial charge in [0.05, 0.1) is 23.3 Å². The zero-order chi connectivity index (χ0) is 21.0. The second-order valence-corrected chi connectivity index (χ2v) is 11.5. The van der Waals surface area contributed by atoms with Crippen molar-refractivity contribution in [1.82, 2.24) is 9.80 Å². The van der Waals surface area contributed by atoms with Crippen LogP contribution in [0.5, 0.6) is 0 Å². The Morgan fingerprint density at radius 2 is 1.50 bits per heavy atom. The monoisotopic (exact) mass is 444 g/mol. The van der Waals surface area contributed by atoms with E-state index in [1.807, 2.05) is 17.0 Å². The minimum atomic E-state index is -2.89. The fourth-order valence-electron chi connectivity index (χ4n) is 4.29. The van der Waals surface area contributed by atoms with Gasteiger partial charge in [-0.1, -0.05) is 60.7 Å². The number of amides is 1. The Kier molecular flexibility index (Phi) is 6.80. The van der Waals surface area contributed by atoms with Crippen LogP contribution in [-0.4, -0.2) is 72.8 Å². The highest BCUT2D eigenvalue weighted by Gasteiger charge is 2.31. The minimum Gasteiger partial charge on any atom is -0.339 e. The van der Waals surface area contributed by atoms with Gasteiger partial charge in [0.1, 0.15) is 0 Å². The van der Waals surface area contributed by atoms with Gasteiger partial charge < -0.3 is 4.90 Å². The predicted molar refractivity (Wildman–Crippen MR) is 122 cm³/mol. The molecule has 2 aromatic carbocycles. The Labute approximate surface area is 183 Å². The molecule has 2 aliphatic rings. The second kappa shape index (κ2) is 9.54. The molecule has 2 aromatic rings. The summed E-state index contributed by atoms with van der Waals surface area (Å²) >= 11 is 1.50. The number of carbonyl (C=O) groups excluding carboxylic acids is 1. The van der Waals surface area contributed by atoms with Crippen molar-refractivity contribution in [2.75, 3.05) is 43.4 Å². The maximum absolute atomic E-state index is 12.7. The molecule has 0 N–H and O–H groups in total. The Balaban J connectivity index is 1.36. The molecule has 2 aliphatic heterocycles.